The van der Waals surface area contributed by atoms with Crippen molar-refractivity contribution >= 4 is 5.97 Å². The van der Waals surface area contributed by atoms with E-state index in [4.69, 9.17) is 9.47 Å². The van der Waals surface area contributed by atoms with E-state index in [-0.39, 0.29) is 11.9 Å². The van der Waals surface area contributed by atoms with Gasteiger partial charge in [-0.05, 0) is 45.7 Å². The summed E-state index contributed by atoms with van der Waals surface area (Å²) in [6.07, 6.45) is 4.32. The highest BCUT2D eigenvalue weighted by Gasteiger charge is 2.26. The first-order valence-electron chi connectivity index (χ1n) is 6.65. The minimum Gasteiger partial charge on any atom is -0.466 e. The summed E-state index contributed by atoms with van der Waals surface area (Å²) >= 11 is 0. The molecule has 17 heavy (non-hydrogen) atoms. The number of piperidine rings is 1. The number of ether oxygens (including phenoxy) is 2. The van der Waals surface area contributed by atoms with Gasteiger partial charge in [-0.15, -0.1) is 0 Å². The number of methoxy groups -OCH3 is 1. The summed E-state index contributed by atoms with van der Waals surface area (Å²) in [4.78, 5) is 14.0. The second-order valence-electron chi connectivity index (χ2n) is 4.59. The van der Waals surface area contributed by atoms with Crippen LogP contribution in [0.5, 0.6) is 0 Å². The number of hydrogen-bond acceptors (Lipinski definition) is 4. The van der Waals surface area contributed by atoms with Gasteiger partial charge in [-0.2, -0.15) is 0 Å². The number of carbonyl (C=O) groups excluding carboxylic acids is 1. The van der Waals surface area contributed by atoms with Crippen molar-refractivity contribution in [3.8, 4) is 0 Å². The molecule has 1 heterocycles. The molecular formula is C13H25NO3. The van der Waals surface area contributed by atoms with Crippen molar-refractivity contribution in [1.29, 1.82) is 0 Å². The molecule has 0 aromatic rings. The summed E-state index contributed by atoms with van der Waals surface area (Å²) < 4.78 is 10.1. The van der Waals surface area contributed by atoms with Gasteiger partial charge in [-0.3, -0.25) is 4.79 Å². The van der Waals surface area contributed by atoms with E-state index in [1.54, 1.807) is 7.11 Å². The molecule has 1 saturated heterocycles. The number of carbonyl (C=O) groups is 1. The largest absolute Gasteiger partial charge is 0.466 e. The maximum atomic E-state index is 11.7. The minimum atomic E-state index is -0.0194. The molecule has 4 heteroatoms. The lowest BCUT2D eigenvalue weighted by molar-refractivity contribution is -0.149. The van der Waals surface area contributed by atoms with Crippen LogP contribution in [0.2, 0.25) is 0 Å². The number of rotatable bonds is 7. The Bertz CT molecular complexity index is 221. The third kappa shape index (κ3) is 5.50. The number of likely N-dealkylation sites (tertiary alicyclic amines) is 1. The third-order valence-corrected chi connectivity index (χ3v) is 3.20. The van der Waals surface area contributed by atoms with E-state index < -0.39 is 0 Å². The molecule has 1 aliphatic heterocycles. The predicted molar refractivity (Wildman–Crippen MR) is 66.9 cm³/mol. The van der Waals surface area contributed by atoms with Gasteiger partial charge >= 0.3 is 5.97 Å². The van der Waals surface area contributed by atoms with Crippen LogP contribution < -0.4 is 0 Å². The van der Waals surface area contributed by atoms with Gasteiger partial charge in [0.05, 0.1) is 12.5 Å². The summed E-state index contributed by atoms with van der Waals surface area (Å²) in [5.41, 5.74) is 0. The van der Waals surface area contributed by atoms with Gasteiger partial charge in [0.25, 0.3) is 0 Å². The van der Waals surface area contributed by atoms with Gasteiger partial charge in [-0.1, -0.05) is 0 Å². The SMILES string of the molecule is CCOC(=O)[C@H]1CCCN(CCCCOC)C1. The van der Waals surface area contributed by atoms with Gasteiger partial charge in [0.2, 0.25) is 0 Å². The van der Waals surface area contributed by atoms with Crippen LogP contribution in [-0.4, -0.2) is 50.8 Å². The van der Waals surface area contributed by atoms with Crippen molar-refractivity contribution in [2.45, 2.75) is 32.6 Å². The lowest BCUT2D eigenvalue weighted by Gasteiger charge is -2.31. The summed E-state index contributed by atoms with van der Waals surface area (Å²) in [6, 6.07) is 0. The Balaban J connectivity index is 2.21. The highest BCUT2D eigenvalue weighted by atomic mass is 16.5. The fraction of sp³-hybridized carbons (Fsp3) is 0.923. The third-order valence-electron chi connectivity index (χ3n) is 3.20. The summed E-state index contributed by atoms with van der Waals surface area (Å²) in [6.45, 7) is 6.23. The van der Waals surface area contributed by atoms with Crippen LogP contribution in [0.3, 0.4) is 0 Å². The highest BCUT2D eigenvalue weighted by Crippen LogP contribution is 2.18. The second kappa shape index (κ2) is 8.48. The molecule has 0 spiro atoms. The second-order valence-corrected chi connectivity index (χ2v) is 4.59. The molecule has 1 aliphatic rings. The van der Waals surface area contributed by atoms with Crippen LogP contribution in [0.4, 0.5) is 0 Å². The van der Waals surface area contributed by atoms with Gasteiger partial charge in [0, 0.05) is 20.3 Å². The van der Waals surface area contributed by atoms with Gasteiger partial charge in [0.1, 0.15) is 0 Å². The first kappa shape index (κ1) is 14.5. The molecule has 4 nitrogen and oxygen atoms in total. The molecule has 0 aliphatic carbocycles. The smallest absolute Gasteiger partial charge is 0.310 e. The molecule has 0 unspecified atom stereocenters. The number of hydrogen-bond donors (Lipinski definition) is 0. The van der Waals surface area contributed by atoms with Crippen LogP contribution in [-0.2, 0) is 14.3 Å². The maximum absolute atomic E-state index is 11.7. The Morgan fingerprint density at radius 2 is 2.24 bits per heavy atom. The van der Waals surface area contributed by atoms with Crippen LogP contribution in [0.15, 0.2) is 0 Å². The molecule has 1 atom stereocenters. The van der Waals surface area contributed by atoms with Gasteiger partial charge < -0.3 is 14.4 Å². The van der Waals surface area contributed by atoms with Gasteiger partial charge in [-0.25, -0.2) is 0 Å². The Morgan fingerprint density at radius 3 is 2.94 bits per heavy atom. The Labute approximate surface area is 104 Å². The van der Waals surface area contributed by atoms with E-state index >= 15 is 0 Å². The number of esters is 1. The zero-order chi connectivity index (χ0) is 12.5. The van der Waals surface area contributed by atoms with Crippen LogP contribution >= 0.6 is 0 Å². The molecule has 0 radical (unpaired) electrons. The van der Waals surface area contributed by atoms with Crippen molar-refractivity contribution in [3.05, 3.63) is 0 Å². The van der Waals surface area contributed by atoms with E-state index in [2.05, 4.69) is 4.90 Å². The monoisotopic (exact) mass is 243 g/mol. The average molecular weight is 243 g/mol. The van der Waals surface area contributed by atoms with Crippen LogP contribution in [0, 0.1) is 5.92 Å². The Hall–Kier alpha value is -0.610. The predicted octanol–water partition coefficient (Wildman–Crippen LogP) is 1.69. The van der Waals surface area contributed by atoms with E-state index in [1.807, 2.05) is 6.92 Å². The van der Waals surface area contributed by atoms with E-state index in [9.17, 15) is 4.79 Å². The topological polar surface area (TPSA) is 38.8 Å². The lowest BCUT2D eigenvalue weighted by atomic mass is 9.98. The molecule has 0 saturated carbocycles. The molecule has 1 rings (SSSR count). The zero-order valence-electron chi connectivity index (χ0n) is 11.1. The van der Waals surface area contributed by atoms with E-state index in [0.29, 0.717) is 6.61 Å². The quantitative estimate of drug-likeness (QED) is 0.504. The molecule has 0 aromatic heterocycles. The number of nitrogens with zero attached hydrogens (tertiary/aromatic N) is 1. The molecule has 1 fully saturated rings. The first-order valence-corrected chi connectivity index (χ1v) is 6.65. The minimum absolute atomic E-state index is 0.0194. The fourth-order valence-electron chi connectivity index (χ4n) is 2.29. The first-order chi connectivity index (χ1) is 8.27. The van der Waals surface area contributed by atoms with Crippen LogP contribution in [0.1, 0.15) is 32.6 Å². The Morgan fingerprint density at radius 1 is 1.41 bits per heavy atom. The highest BCUT2D eigenvalue weighted by molar-refractivity contribution is 5.72. The summed E-state index contributed by atoms with van der Waals surface area (Å²) in [5.74, 6) is 0.0696. The Kier molecular flexibility index (Phi) is 7.21. The molecular weight excluding hydrogens is 218 g/mol. The molecule has 0 N–H and O–H groups in total. The van der Waals surface area contributed by atoms with Gasteiger partial charge in [0.15, 0.2) is 0 Å². The zero-order valence-corrected chi connectivity index (χ0v) is 11.1. The van der Waals surface area contributed by atoms with E-state index in [0.717, 1.165) is 51.9 Å². The van der Waals surface area contributed by atoms with Crippen molar-refractivity contribution < 1.29 is 14.3 Å². The average Bonchev–Trinajstić information content (AvgIpc) is 2.35. The van der Waals surface area contributed by atoms with Crippen molar-refractivity contribution in [2.75, 3.05) is 40.0 Å². The summed E-state index contributed by atoms with van der Waals surface area (Å²) in [7, 11) is 1.73. The van der Waals surface area contributed by atoms with E-state index in [1.165, 1.54) is 0 Å². The molecule has 100 valence electrons. The fourth-order valence-corrected chi connectivity index (χ4v) is 2.29. The normalized spacial score (nSPS) is 21.4. The van der Waals surface area contributed by atoms with Crippen LogP contribution in [0.25, 0.3) is 0 Å². The van der Waals surface area contributed by atoms with Crippen molar-refractivity contribution in [3.63, 3.8) is 0 Å². The molecule has 0 amide bonds. The number of unbranched alkanes of at least 4 members (excludes halogenated alkanes) is 1. The standard InChI is InChI=1S/C13H25NO3/c1-3-17-13(15)12-7-6-9-14(11-12)8-4-5-10-16-2/h12H,3-11H2,1-2H3/t12-/m0/s1. The maximum Gasteiger partial charge on any atom is 0.310 e. The van der Waals surface area contributed by atoms with Crippen molar-refractivity contribution in [2.24, 2.45) is 5.92 Å². The molecule has 0 aromatic carbocycles. The summed E-state index contributed by atoms with van der Waals surface area (Å²) in [5, 5.41) is 0. The van der Waals surface area contributed by atoms with Crippen molar-refractivity contribution in [1.82, 2.24) is 4.90 Å². The lowest BCUT2D eigenvalue weighted by Crippen LogP contribution is -2.39. The molecule has 0 bridgehead atoms.